The van der Waals surface area contributed by atoms with Gasteiger partial charge in [0.2, 0.25) is 0 Å². The lowest BCUT2D eigenvalue weighted by atomic mass is 10.0. The van der Waals surface area contributed by atoms with Gasteiger partial charge in [-0.25, -0.2) is 0 Å². The number of nitrogens with zero attached hydrogens (tertiary/aromatic N) is 1. The van der Waals surface area contributed by atoms with E-state index in [1.165, 1.54) is 17.5 Å². The van der Waals surface area contributed by atoms with E-state index in [1.807, 2.05) is 43.4 Å². The third kappa shape index (κ3) is 2.57. The third-order valence-corrected chi connectivity index (χ3v) is 4.22. The number of anilines is 1. The molecule has 0 unspecified atom stereocenters. The number of aryl methyl sites for hydroxylation is 2. The summed E-state index contributed by atoms with van der Waals surface area (Å²) in [5.41, 5.74) is 11.1. The van der Waals surface area contributed by atoms with E-state index in [1.54, 1.807) is 4.90 Å². The number of carbonyl (C=O) groups is 1. The molecule has 0 aliphatic heterocycles. The monoisotopic (exact) mass is 280 g/mol. The molecule has 1 aliphatic rings. The maximum absolute atomic E-state index is 12.7. The molecule has 0 saturated carbocycles. The molecule has 2 aromatic carbocycles. The number of rotatable bonds is 3. The fourth-order valence-corrected chi connectivity index (χ4v) is 3.02. The van der Waals surface area contributed by atoms with Gasteiger partial charge in [0.15, 0.2) is 0 Å². The molecule has 2 N–H and O–H groups in total. The Morgan fingerprint density at radius 3 is 2.71 bits per heavy atom. The summed E-state index contributed by atoms with van der Waals surface area (Å²) in [6.07, 6.45) is 3.41. The molecule has 0 radical (unpaired) electrons. The van der Waals surface area contributed by atoms with E-state index in [9.17, 15) is 4.79 Å². The minimum absolute atomic E-state index is 0.0191. The van der Waals surface area contributed by atoms with Crippen LogP contribution in [0.4, 0.5) is 5.69 Å². The van der Waals surface area contributed by atoms with Crippen molar-refractivity contribution in [3.8, 4) is 0 Å². The van der Waals surface area contributed by atoms with Gasteiger partial charge in [0.1, 0.15) is 0 Å². The van der Waals surface area contributed by atoms with Gasteiger partial charge in [0.25, 0.3) is 5.91 Å². The normalized spacial score (nSPS) is 13.0. The average molecular weight is 280 g/mol. The topological polar surface area (TPSA) is 46.3 Å². The molecule has 3 rings (SSSR count). The molecule has 0 heterocycles. The van der Waals surface area contributed by atoms with Crippen molar-refractivity contribution >= 4 is 11.6 Å². The van der Waals surface area contributed by atoms with E-state index >= 15 is 0 Å². The molecule has 0 fully saturated rings. The van der Waals surface area contributed by atoms with Crippen LogP contribution in [0.25, 0.3) is 0 Å². The molecule has 21 heavy (non-hydrogen) atoms. The summed E-state index contributed by atoms with van der Waals surface area (Å²) >= 11 is 0. The number of para-hydroxylation sites is 1. The number of benzene rings is 2. The van der Waals surface area contributed by atoms with Gasteiger partial charge in [-0.1, -0.05) is 24.3 Å². The van der Waals surface area contributed by atoms with Gasteiger partial charge in [-0.05, 0) is 54.2 Å². The minimum atomic E-state index is 0.0191. The highest BCUT2D eigenvalue weighted by Crippen LogP contribution is 2.25. The number of hydrogen-bond donors (Lipinski definition) is 1. The first-order chi connectivity index (χ1) is 10.2. The quantitative estimate of drug-likeness (QED) is 0.939. The summed E-state index contributed by atoms with van der Waals surface area (Å²) in [4.78, 5) is 14.4. The molecule has 0 aromatic heterocycles. The van der Waals surface area contributed by atoms with Gasteiger partial charge >= 0.3 is 0 Å². The van der Waals surface area contributed by atoms with E-state index in [2.05, 4.69) is 6.07 Å². The lowest BCUT2D eigenvalue weighted by Gasteiger charge is -2.20. The van der Waals surface area contributed by atoms with Gasteiger partial charge in [0, 0.05) is 24.8 Å². The molecular weight excluding hydrogens is 260 g/mol. The smallest absolute Gasteiger partial charge is 0.258 e. The Morgan fingerprint density at radius 2 is 1.90 bits per heavy atom. The molecule has 1 amide bonds. The Morgan fingerprint density at radius 1 is 1.14 bits per heavy atom. The average Bonchev–Trinajstić information content (AvgIpc) is 3.00. The van der Waals surface area contributed by atoms with Gasteiger partial charge in [-0.3, -0.25) is 4.79 Å². The second-order valence-corrected chi connectivity index (χ2v) is 5.53. The first kappa shape index (κ1) is 13.8. The molecule has 1 aliphatic carbocycles. The second-order valence-electron chi connectivity index (χ2n) is 5.53. The Labute approximate surface area is 125 Å². The number of hydrogen-bond acceptors (Lipinski definition) is 2. The van der Waals surface area contributed by atoms with Crippen LogP contribution in [0.15, 0.2) is 42.5 Å². The Kier molecular flexibility index (Phi) is 3.76. The molecule has 0 atom stereocenters. The Balaban J connectivity index is 1.91. The van der Waals surface area contributed by atoms with E-state index in [4.69, 9.17) is 5.73 Å². The van der Waals surface area contributed by atoms with E-state index < -0.39 is 0 Å². The fourth-order valence-electron chi connectivity index (χ4n) is 3.02. The van der Waals surface area contributed by atoms with Crippen LogP contribution in [-0.2, 0) is 19.4 Å². The molecule has 0 spiro atoms. The van der Waals surface area contributed by atoms with Gasteiger partial charge < -0.3 is 10.6 Å². The van der Waals surface area contributed by atoms with Crippen molar-refractivity contribution in [3.05, 3.63) is 64.7 Å². The van der Waals surface area contributed by atoms with Gasteiger partial charge in [-0.2, -0.15) is 0 Å². The number of amides is 1. The summed E-state index contributed by atoms with van der Waals surface area (Å²) in [6.45, 7) is 0.429. The van der Waals surface area contributed by atoms with Crippen LogP contribution < -0.4 is 10.6 Å². The highest BCUT2D eigenvalue weighted by molar-refractivity contribution is 6.06. The number of nitrogens with two attached hydrogens (primary N) is 1. The van der Waals surface area contributed by atoms with Crippen LogP contribution in [0.1, 0.15) is 33.5 Å². The molecule has 108 valence electrons. The standard InChI is InChI=1S/C18H20N2O/c1-20(17-8-3-2-5-16(17)12-19)18(21)15-10-9-13-6-4-7-14(13)11-15/h2-3,5,8-11H,4,6-7,12,19H2,1H3. The minimum Gasteiger partial charge on any atom is -0.326 e. The van der Waals surface area contributed by atoms with Crippen LogP contribution in [-0.4, -0.2) is 13.0 Å². The zero-order chi connectivity index (χ0) is 14.8. The second kappa shape index (κ2) is 5.70. The van der Waals surface area contributed by atoms with Crippen LogP contribution in [0.2, 0.25) is 0 Å². The SMILES string of the molecule is CN(C(=O)c1ccc2c(c1)CCC2)c1ccccc1CN. The molecule has 0 bridgehead atoms. The number of carbonyl (C=O) groups excluding carboxylic acids is 1. The van der Waals surface area contributed by atoms with Crippen LogP contribution in [0.3, 0.4) is 0 Å². The zero-order valence-electron chi connectivity index (χ0n) is 12.3. The van der Waals surface area contributed by atoms with Crippen molar-refractivity contribution in [1.82, 2.24) is 0 Å². The summed E-state index contributed by atoms with van der Waals surface area (Å²) in [5, 5.41) is 0. The molecule has 0 saturated heterocycles. The summed E-state index contributed by atoms with van der Waals surface area (Å²) in [7, 11) is 1.81. The van der Waals surface area contributed by atoms with Crippen LogP contribution >= 0.6 is 0 Å². The fraction of sp³-hybridized carbons (Fsp3) is 0.278. The van der Waals surface area contributed by atoms with Crippen LogP contribution in [0.5, 0.6) is 0 Å². The van der Waals surface area contributed by atoms with Crippen molar-refractivity contribution in [3.63, 3.8) is 0 Å². The summed E-state index contributed by atoms with van der Waals surface area (Å²) in [5.74, 6) is 0.0191. The Hall–Kier alpha value is -2.13. The van der Waals surface area contributed by atoms with Crippen molar-refractivity contribution in [2.75, 3.05) is 11.9 Å². The molecule has 3 heteroatoms. The van der Waals surface area contributed by atoms with Crippen molar-refractivity contribution in [2.45, 2.75) is 25.8 Å². The molecule has 2 aromatic rings. The van der Waals surface area contributed by atoms with Gasteiger partial charge in [-0.15, -0.1) is 0 Å². The highest BCUT2D eigenvalue weighted by atomic mass is 16.2. The largest absolute Gasteiger partial charge is 0.326 e. The lowest BCUT2D eigenvalue weighted by Crippen LogP contribution is -2.27. The highest BCUT2D eigenvalue weighted by Gasteiger charge is 2.18. The maximum Gasteiger partial charge on any atom is 0.258 e. The van der Waals surface area contributed by atoms with Gasteiger partial charge in [0.05, 0.1) is 0 Å². The summed E-state index contributed by atoms with van der Waals surface area (Å²) < 4.78 is 0. The van der Waals surface area contributed by atoms with E-state index in [0.717, 1.165) is 29.7 Å². The summed E-state index contributed by atoms with van der Waals surface area (Å²) in [6, 6.07) is 13.9. The van der Waals surface area contributed by atoms with Crippen molar-refractivity contribution in [2.24, 2.45) is 5.73 Å². The first-order valence-electron chi connectivity index (χ1n) is 7.38. The predicted octanol–water partition coefficient (Wildman–Crippen LogP) is 2.91. The van der Waals surface area contributed by atoms with E-state index in [-0.39, 0.29) is 5.91 Å². The lowest BCUT2D eigenvalue weighted by molar-refractivity contribution is 0.0992. The zero-order valence-corrected chi connectivity index (χ0v) is 12.3. The van der Waals surface area contributed by atoms with E-state index in [0.29, 0.717) is 6.54 Å². The van der Waals surface area contributed by atoms with Crippen LogP contribution in [0, 0.1) is 0 Å². The first-order valence-corrected chi connectivity index (χ1v) is 7.38. The Bertz CT molecular complexity index is 679. The number of fused-ring (bicyclic) bond motifs is 1. The molecular formula is C18H20N2O. The maximum atomic E-state index is 12.7. The van der Waals surface area contributed by atoms with Crippen molar-refractivity contribution < 1.29 is 4.79 Å². The van der Waals surface area contributed by atoms with Crippen molar-refractivity contribution in [1.29, 1.82) is 0 Å². The molecule has 3 nitrogen and oxygen atoms in total. The third-order valence-electron chi connectivity index (χ3n) is 4.22. The predicted molar refractivity (Wildman–Crippen MR) is 85.5 cm³/mol.